The van der Waals surface area contributed by atoms with Gasteiger partial charge >= 0.3 is 0 Å². The maximum Gasteiger partial charge on any atom is 0.147 e. The molecular weight excluding hydrogens is 358 g/mol. The van der Waals surface area contributed by atoms with Crippen molar-refractivity contribution in [1.29, 1.82) is 0 Å². The minimum absolute atomic E-state index is 1.03. The summed E-state index contributed by atoms with van der Waals surface area (Å²) in [6.07, 6.45) is 1.90. The van der Waals surface area contributed by atoms with Crippen molar-refractivity contribution in [1.82, 2.24) is 14.4 Å². The molecule has 28 heavy (non-hydrogen) atoms. The molecule has 0 unspecified atom stereocenters. The van der Waals surface area contributed by atoms with Crippen LogP contribution in [-0.2, 0) is 0 Å². The van der Waals surface area contributed by atoms with Crippen LogP contribution in [0.1, 0.15) is 0 Å². The SMILES string of the molecule is C[Si]1(C)c2cccc3nc4c5cccnc5c5cc6ccccc6c1c5n4c23. The molecule has 0 saturated carbocycles. The van der Waals surface area contributed by atoms with E-state index in [-0.39, 0.29) is 0 Å². The van der Waals surface area contributed by atoms with Crippen molar-refractivity contribution in [2.24, 2.45) is 0 Å². The number of pyridine rings is 2. The Morgan fingerprint density at radius 2 is 1.68 bits per heavy atom. The average Bonchev–Trinajstić information content (AvgIpc) is 3.11. The third kappa shape index (κ3) is 1.50. The van der Waals surface area contributed by atoms with Crippen molar-refractivity contribution in [3.05, 3.63) is 66.9 Å². The quantitative estimate of drug-likeness (QED) is 0.223. The largest absolute Gasteiger partial charge is 0.292 e. The molecule has 3 nitrogen and oxygen atoms in total. The summed E-state index contributed by atoms with van der Waals surface area (Å²) in [5.74, 6) is 0. The Labute approximate surface area is 162 Å². The first-order valence-corrected chi connectivity index (χ1v) is 12.7. The molecule has 0 atom stereocenters. The minimum Gasteiger partial charge on any atom is -0.292 e. The van der Waals surface area contributed by atoms with Crippen LogP contribution in [-0.4, -0.2) is 22.4 Å². The number of hydrogen-bond acceptors (Lipinski definition) is 2. The molecule has 0 saturated heterocycles. The molecule has 1 aliphatic heterocycles. The Hall–Kier alpha value is -3.24. The molecule has 3 aromatic heterocycles. The van der Waals surface area contributed by atoms with Gasteiger partial charge in [0.05, 0.1) is 22.1 Å². The summed E-state index contributed by atoms with van der Waals surface area (Å²) in [6, 6.07) is 22.0. The van der Waals surface area contributed by atoms with Gasteiger partial charge in [0.1, 0.15) is 13.7 Å². The maximum absolute atomic E-state index is 5.08. The molecule has 0 aliphatic carbocycles. The van der Waals surface area contributed by atoms with Gasteiger partial charge in [0, 0.05) is 17.0 Å². The molecule has 4 heteroatoms. The van der Waals surface area contributed by atoms with Gasteiger partial charge in [-0.1, -0.05) is 49.5 Å². The molecule has 132 valence electrons. The van der Waals surface area contributed by atoms with Crippen LogP contribution in [0.25, 0.3) is 49.3 Å². The first-order valence-electron chi connectivity index (χ1n) is 9.70. The zero-order valence-electron chi connectivity index (χ0n) is 15.7. The van der Waals surface area contributed by atoms with Crippen molar-refractivity contribution in [2.75, 3.05) is 0 Å². The molecule has 0 radical (unpaired) electrons. The molecule has 6 aromatic rings. The topological polar surface area (TPSA) is 30.2 Å². The van der Waals surface area contributed by atoms with Crippen molar-refractivity contribution in [3.63, 3.8) is 0 Å². The number of imidazole rings is 1. The number of para-hydroxylation sites is 1. The Morgan fingerprint density at radius 1 is 0.821 bits per heavy atom. The van der Waals surface area contributed by atoms with Crippen LogP contribution in [0.2, 0.25) is 13.1 Å². The smallest absolute Gasteiger partial charge is 0.147 e. The van der Waals surface area contributed by atoms with E-state index in [1.165, 1.54) is 37.6 Å². The molecule has 4 heterocycles. The predicted molar refractivity (Wildman–Crippen MR) is 120 cm³/mol. The van der Waals surface area contributed by atoms with E-state index in [4.69, 9.17) is 9.97 Å². The summed E-state index contributed by atoms with van der Waals surface area (Å²) in [6.45, 7) is 4.96. The maximum atomic E-state index is 5.08. The lowest BCUT2D eigenvalue weighted by molar-refractivity contribution is 1.31. The lowest BCUT2D eigenvalue weighted by atomic mass is 10.0. The third-order valence-corrected chi connectivity index (χ3v) is 10.0. The van der Waals surface area contributed by atoms with Gasteiger partial charge in [-0.25, -0.2) is 4.98 Å². The van der Waals surface area contributed by atoms with Crippen LogP contribution in [0, 0.1) is 0 Å². The van der Waals surface area contributed by atoms with Gasteiger partial charge in [0.15, 0.2) is 0 Å². The molecule has 0 bridgehead atoms. The Balaban J connectivity index is 1.99. The van der Waals surface area contributed by atoms with Crippen LogP contribution in [0.15, 0.2) is 66.9 Å². The van der Waals surface area contributed by atoms with E-state index in [2.05, 4.69) is 72.1 Å². The number of hydrogen-bond donors (Lipinski definition) is 0. The van der Waals surface area contributed by atoms with Gasteiger partial charge in [-0.15, -0.1) is 0 Å². The number of rotatable bonds is 0. The summed E-state index contributed by atoms with van der Waals surface area (Å²) in [5.41, 5.74) is 5.79. The lowest BCUT2D eigenvalue weighted by Gasteiger charge is -2.32. The summed E-state index contributed by atoms with van der Waals surface area (Å²) >= 11 is 0. The molecule has 0 fully saturated rings. The summed E-state index contributed by atoms with van der Waals surface area (Å²) < 4.78 is 2.42. The van der Waals surface area contributed by atoms with Gasteiger partial charge < -0.3 is 0 Å². The van der Waals surface area contributed by atoms with Crippen molar-refractivity contribution in [3.8, 4) is 0 Å². The lowest BCUT2D eigenvalue weighted by Crippen LogP contribution is -2.56. The second kappa shape index (κ2) is 4.59. The molecule has 0 spiro atoms. The Kier molecular flexibility index (Phi) is 2.42. The van der Waals surface area contributed by atoms with Crippen LogP contribution in [0.4, 0.5) is 0 Å². The number of nitrogens with zero attached hydrogens (tertiary/aromatic N) is 3. The van der Waals surface area contributed by atoms with Crippen LogP contribution in [0.3, 0.4) is 0 Å². The van der Waals surface area contributed by atoms with Gasteiger partial charge in [0.25, 0.3) is 0 Å². The van der Waals surface area contributed by atoms with Crippen LogP contribution in [0.5, 0.6) is 0 Å². The standard InChI is InChI=1S/C24H17N3Si/c1-28(2)19-11-5-10-18-22(19)27-21-17(13-14-7-3-4-8-15(14)23(21)28)20-16(24(27)26-18)9-6-12-25-20/h3-13H,1-2H3. The second-order valence-corrected chi connectivity index (χ2v) is 12.6. The Morgan fingerprint density at radius 3 is 2.61 bits per heavy atom. The number of aromatic nitrogens is 3. The summed E-state index contributed by atoms with van der Waals surface area (Å²) in [7, 11) is -1.92. The minimum atomic E-state index is -1.92. The predicted octanol–water partition coefficient (Wildman–Crippen LogP) is 4.48. The fraction of sp³-hybridized carbons (Fsp3) is 0.0833. The molecular formula is C24H17N3Si. The highest BCUT2D eigenvalue weighted by atomic mass is 28.3. The average molecular weight is 376 g/mol. The first-order chi connectivity index (χ1) is 13.7. The summed E-state index contributed by atoms with van der Waals surface area (Å²) in [5, 5.41) is 8.03. The Bertz CT molecular complexity index is 1640. The van der Waals surface area contributed by atoms with Gasteiger partial charge in [-0.3, -0.25) is 9.38 Å². The molecule has 3 aromatic carbocycles. The fourth-order valence-corrected chi connectivity index (χ4v) is 8.70. The highest BCUT2D eigenvalue weighted by molar-refractivity contribution is 7.04. The zero-order chi connectivity index (χ0) is 18.6. The highest BCUT2D eigenvalue weighted by Crippen LogP contribution is 2.36. The molecule has 1 aliphatic rings. The van der Waals surface area contributed by atoms with E-state index < -0.39 is 8.07 Å². The van der Waals surface area contributed by atoms with Gasteiger partial charge in [0.2, 0.25) is 0 Å². The number of fused-ring (bicyclic) bond motifs is 5. The van der Waals surface area contributed by atoms with E-state index in [9.17, 15) is 0 Å². The van der Waals surface area contributed by atoms with E-state index in [0.717, 1.165) is 22.1 Å². The zero-order valence-corrected chi connectivity index (χ0v) is 16.7. The van der Waals surface area contributed by atoms with E-state index >= 15 is 0 Å². The van der Waals surface area contributed by atoms with Crippen molar-refractivity contribution in [2.45, 2.75) is 13.1 Å². The normalized spacial score (nSPS) is 15.1. The van der Waals surface area contributed by atoms with E-state index in [0.29, 0.717) is 0 Å². The fourth-order valence-electron chi connectivity index (χ4n) is 5.35. The highest BCUT2D eigenvalue weighted by Gasteiger charge is 2.37. The van der Waals surface area contributed by atoms with Crippen LogP contribution < -0.4 is 10.4 Å². The summed E-state index contributed by atoms with van der Waals surface area (Å²) in [4.78, 5) is 9.89. The second-order valence-electron chi connectivity index (χ2n) is 8.34. The third-order valence-electron chi connectivity index (χ3n) is 6.52. The monoisotopic (exact) mass is 375 g/mol. The molecule has 7 rings (SSSR count). The molecule has 0 amide bonds. The first kappa shape index (κ1) is 14.8. The van der Waals surface area contributed by atoms with Crippen molar-refractivity contribution < 1.29 is 0 Å². The van der Waals surface area contributed by atoms with Gasteiger partial charge in [-0.2, -0.15) is 0 Å². The van der Waals surface area contributed by atoms with Gasteiger partial charge in [-0.05, 0) is 45.4 Å². The van der Waals surface area contributed by atoms with Crippen LogP contribution >= 0.6 is 0 Å². The van der Waals surface area contributed by atoms with E-state index in [1.54, 1.807) is 0 Å². The van der Waals surface area contributed by atoms with Crippen molar-refractivity contribution >= 4 is 67.7 Å². The number of benzene rings is 3. The van der Waals surface area contributed by atoms with E-state index in [1.807, 2.05) is 12.3 Å². The molecule has 0 N–H and O–H groups in total.